The molecule has 4 aliphatic rings. The van der Waals surface area contributed by atoms with E-state index in [1.165, 1.54) is 12.8 Å². The van der Waals surface area contributed by atoms with E-state index in [0.717, 1.165) is 57.2 Å². The van der Waals surface area contributed by atoms with Gasteiger partial charge in [-0.1, -0.05) is 12.8 Å². The number of carbonyl (C=O) groups is 2. The molecule has 202 valence electrons. The van der Waals surface area contributed by atoms with Gasteiger partial charge in [0.05, 0.1) is 46.6 Å². The Hall–Kier alpha value is -3.18. The highest BCUT2D eigenvalue weighted by atomic mass is 32.2. The monoisotopic (exact) mass is 539 g/mol. The number of anilines is 4. The molecule has 2 spiro atoms. The third kappa shape index (κ3) is 4.51. The maximum atomic E-state index is 13.6. The molecule has 1 aromatic heterocycles. The van der Waals surface area contributed by atoms with Gasteiger partial charge in [0.2, 0.25) is 15.9 Å². The summed E-state index contributed by atoms with van der Waals surface area (Å²) in [5.74, 6) is -0.171. The number of hydrogen-bond acceptors (Lipinski definition) is 7. The minimum absolute atomic E-state index is 0.0129. The zero-order chi connectivity index (χ0) is 26.5. The lowest BCUT2D eigenvalue weighted by Gasteiger charge is -2.35. The normalized spacial score (nSPS) is 20.9. The van der Waals surface area contributed by atoms with Gasteiger partial charge in [0, 0.05) is 18.7 Å². The van der Waals surface area contributed by atoms with Crippen molar-refractivity contribution in [2.45, 2.75) is 56.8 Å². The molecule has 3 heterocycles. The van der Waals surface area contributed by atoms with E-state index in [2.05, 4.69) is 25.2 Å². The Kier molecular flexibility index (Phi) is 6.10. The molecule has 2 saturated carbocycles. The van der Waals surface area contributed by atoms with Gasteiger partial charge in [-0.25, -0.2) is 13.4 Å². The SMILES string of the molecule is O=C(Nc1cnc2c(c1)C1(CCCC1)C(=O)N2)c1ccc(NS(=O)(=O)CCO)cc1N1CCC2(CC1)CC2. The number of carbonyl (C=O) groups excluding carboxylic acids is 2. The van der Waals surface area contributed by atoms with E-state index in [1.54, 1.807) is 24.4 Å². The molecule has 0 unspecified atom stereocenters. The van der Waals surface area contributed by atoms with Crippen molar-refractivity contribution in [2.75, 3.05) is 45.7 Å². The van der Waals surface area contributed by atoms with Gasteiger partial charge in [0.15, 0.2) is 0 Å². The third-order valence-corrected chi connectivity index (χ3v) is 10.0. The lowest BCUT2D eigenvalue weighted by atomic mass is 9.81. The molecule has 3 fully saturated rings. The number of aliphatic hydroxyl groups is 1. The molecule has 2 aliphatic carbocycles. The van der Waals surface area contributed by atoms with E-state index < -0.39 is 27.8 Å². The number of nitrogens with zero attached hydrogens (tertiary/aromatic N) is 2. The second-order valence-electron chi connectivity index (χ2n) is 11.2. The van der Waals surface area contributed by atoms with Gasteiger partial charge in [-0.05, 0) is 68.2 Å². The highest BCUT2D eigenvalue weighted by molar-refractivity contribution is 7.92. The maximum Gasteiger partial charge on any atom is 0.257 e. The fourth-order valence-electron chi connectivity index (χ4n) is 6.32. The number of nitrogens with one attached hydrogen (secondary N) is 3. The van der Waals surface area contributed by atoms with E-state index in [1.807, 2.05) is 6.07 Å². The Labute approximate surface area is 222 Å². The summed E-state index contributed by atoms with van der Waals surface area (Å²) >= 11 is 0. The van der Waals surface area contributed by atoms with E-state index >= 15 is 0 Å². The van der Waals surface area contributed by atoms with Crippen molar-refractivity contribution in [2.24, 2.45) is 5.41 Å². The molecule has 1 saturated heterocycles. The van der Waals surface area contributed by atoms with Gasteiger partial charge in [0.25, 0.3) is 5.91 Å². The Morgan fingerprint density at radius 3 is 2.47 bits per heavy atom. The van der Waals surface area contributed by atoms with Crippen LogP contribution >= 0.6 is 0 Å². The molecule has 11 heteroatoms. The largest absolute Gasteiger partial charge is 0.395 e. The van der Waals surface area contributed by atoms with Gasteiger partial charge in [-0.2, -0.15) is 0 Å². The number of fused-ring (bicyclic) bond motifs is 2. The smallest absolute Gasteiger partial charge is 0.257 e. The second-order valence-corrected chi connectivity index (χ2v) is 13.0. The van der Waals surface area contributed by atoms with Gasteiger partial charge in [-0.3, -0.25) is 14.3 Å². The maximum absolute atomic E-state index is 13.6. The molecule has 0 atom stereocenters. The number of rotatable bonds is 7. The summed E-state index contributed by atoms with van der Waals surface area (Å²) in [7, 11) is -3.70. The molecule has 10 nitrogen and oxygen atoms in total. The molecule has 0 bridgehead atoms. The molecule has 4 N–H and O–H groups in total. The van der Waals surface area contributed by atoms with Crippen molar-refractivity contribution >= 4 is 44.7 Å². The number of aliphatic hydroxyl groups excluding tert-OH is 1. The van der Waals surface area contributed by atoms with Crippen LogP contribution < -0.4 is 20.3 Å². The van der Waals surface area contributed by atoms with Crippen LogP contribution in [0.25, 0.3) is 0 Å². The quantitative estimate of drug-likeness (QED) is 0.423. The number of benzene rings is 1. The molecule has 0 radical (unpaired) electrons. The summed E-state index contributed by atoms with van der Waals surface area (Å²) in [6, 6.07) is 6.76. The van der Waals surface area contributed by atoms with E-state index in [0.29, 0.717) is 33.9 Å². The first-order valence-electron chi connectivity index (χ1n) is 13.4. The Morgan fingerprint density at radius 2 is 1.79 bits per heavy atom. The van der Waals surface area contributed by atoms with Gasteiger partial charge in [-0.15, -0.1) is 0 Å². The minimum Gasteiger partial charge on any atom is -0.395 e. The zero-order valence-electron chi connectivity index (χ0n) is 21.3. The summed E-state index contributed by atoms with van der Waals surface area (Å²) < 4.78 is 27.0. The van der Waals surface area contributed by atoms with E-state index in [4.69, 9.17) is 5.11 Å². The number of pyridine rings is 1. The van der Waals surface area contributed by atoms with Crippen molar-refractivity contribution in [3.05, 3.63) is 41.6 Å². The number of amides is 2. The van der Waals surface area contributed by atoms with Crippen molar-refractivity contribution in [1.82, 2.24) is 4.98 Å². The van der Waals surface area contributed by atoms with Crippen LogP contribution in [0.1, 0.15) is 67.3 Å². The van der Waals surface area contributed by atoms with Crippen LogP contribution in [0.2, 0.25) is 0 Å². The van der Waals surface area contributed by atoms with Gasteiger partial charge < -0.3 is 20.6 Å². The van der Waals surface area contributed by atoms with Crippen LogP contribution in [0.5, 0.6) is 0 Å². The van der Waals surface area contributed by atoms with Crippen LogP contribution in [0, 0.1) is 5.41 Å². The number of piperidine rings is 1. The minimum atomic E-state index is -3.70. The van der Waals surface area contributed by atoms with E-state index in [9.17, 15) is 18.0 Å². The van der Waals surface area contributed by atoms with E-state index in [-0.39, 0.29) is 11.8 Å². The first-order chi connectivity index (χ1) is 18.2. The highest BCUT2D eigenvalue weighted by Crippen LogP contribution is 2.54. The number of sulfonamides is 1. The molecule has 38 heavy (non-hydrogen) atoms. The molecular formula is C27H33N5O5S. The third-order valence-electron chi connectivity index (χ3n) is 8.78. The Balaban J connectivity index is 1.28. The van der Waals surface area contributed by atoms with Gasteiger partial charge in [0.1, 0.15) is 5.82 Å². The fourth-order valence-corrected chi connectivity index (χ4v) is 7.15. The first kappa shape index (κ1) is 25.1. The van der Waals surface area contributed by atoms with Crippen LogP contribution in [0.15, 0.2) is 30.5 Å². The van der Waals surface area contributed by atoms with Crippen LogP contribution in [-0.4, -0.2) is 55.8 Å². The van der Waals surface area contributed by atoms with Crippen molar-refractivity contribution < 1.29 is 23.1 Å². The Morgan fingerprint density at radius 1 is 1.05 bits per heavy atom. The second kappa shape index (κ2) is 9.23. The number of hydrogen-bond donors (Lipinski definition) is 4. The molecular weight excluding hydrogens is 506 g/mol. The zero-order valence-corrected chi connectivity index (χ0v) is 22.1. The lowest BCUT2D eigenvalue weighted by molar-refractivity contribution is -0.120. The standard InChI is InChI=1S/C27H33N5O5S/c33-13-14-38(36,37)31-18-3-4-20(22(16-18)32-11-9-26(7-8-26)10-12-32)24(34)29-19-15-21-23(28-17-19)30-25(35)27(21)5-1-2-6-27/h3-4,15-17,31,33H,1-2,5-14H2,(H,29,34)(H,28,30,35). The van der Waals surface area contributed by atoms with Gasteiger partial charge >= 0.3 is 0 Å². The predicted octanol–water partition coefficient (Wildman–Crippen LogP) is 3.21. The average molecular weight is 540 g/mol. The van der Waals surface area contributed by atoms with Crippen LogP contribution in [0.3, 0.4) is 0 Å². The average Bonchev–Trinajstić information content (AvgIpc) is 3.34. The molecule has 2 aliphatic heterocycles. The van der Waals surface area contributed by atoms with Crippen LogP contribution in [-0.2, 0) is 20.2 Å². The van der Waals surface area contributed by atoms with Crippen LogP contribution in [0.4, 0.5) is 22.9 Å². The molecule has 6 rings (SSSR count). The Bertz CT molecular complexity index is 1390. The summed E-state index contributed by atoms with van der Waals surface area (Å²) in [4.78, 5) is 32.9. The highest BCUT2D eigenvalue weighted by Gasteiger charge is 2.49. The fraction of sp³-hybridized carbons (Fsp3) is 0.519. The summed E-state index contributed by atoms with van der Waals surface area (Å²) in [6.45, 7) is 1.11. The molecule has 2 aromatic rings. The summed E-state index contributed by atoms with van der Waals surface area (Å²) in [5.41, 5.74) is 2.70. The lowest BCUT2D eigenvalue weighted by Crippen LogP contribution is -2.35. The first-order valence-corrected chi connectivity index (χ1v) is 15.0. The molecule has 1 aromatic carbocycles. The van der Waals surface area contributed by atoms with Crippen molar-refractivity contribution in [3.63, 3.8) is 0 Å². The molecule has 2 amide bonds. The number of aromatic nitrogens is 1. The summed E-state index contributed by atoms with van der Waals surface area (Å²) in [6.07, 6.45) is 9.67. The summed E-state index contributed by atoms with van der Waals surface area (Å²) in [5, 5.41) is 14.9. The predicted molar refractivity (Wildman–Crippen MR) is 145 cm³/mol. The van der Waals surface area contributed by atoms with Crippen molar-refractivity contribution in [1.29, 1.82) is 0 Å². The topological polar surface area (TPSA) is 141 Å². The van der Waals surface area contributed by atoms with Crippen molar-refractivity contribution in [3.8, 4) is 0 Å².